The Hall–Kier alpha value is -3.02. The summed E-state index contributed by atoms with van der Waals surface area (Å²) in [6, 6.07) is 11.5. The maximum atomic E-state index is 14.2. The Bertz CT molecular complexity index is 1220. The number of Topliss-reactive ketones (excluding diaryl/α,β-unsaturated/α-hetero) is 1. The van der Waals surface area contributed by atoms with Crippen molar-refractivity contribution in [2.24, 2.45) is 0 Å². The minimum absolute atomic E-state index is 0.0871. The number of aliphatic hydroxyl groups is 2. The quantitative estimate of drug-likeness (QED) is 0.402. The average Bonchev–Trinajstić information content (AvgIpc) is 3.09. The molecule has 0 aliphatic carbocycles. The number of rotatable bonds is 10. The molecule has 1 heterocycles. The first-order chi connectivity index (χ1) is 16.5. The lowest BCUT2D eigenvalue weighted by Gasteiger charge is -2.16. The predicted octanol–water partition coefficient (Wildman–Crippen LogP) is 3.55. The van der Waals surface area contributed by atoms with Crippen molar-refractivity contribution in [1.82, 2.24) is 14.3 Å². The highest BCUT2D eigenvalue weighted by Gasteiger charge is 2.39. The number of halogens is 5. The Labute approximate surface area is 202 Å². The van der Waals surface area contributed by atoms with Crippen molar-refractivity contribution in [3.05, 3.63) is 75.4 Å². The van der Waals surface area contributed by atoms with Crippen molar-refractivity contribution < 1.29 is 32.6 Å². The second-order valence-corrected chi connectivity index (χ2v) is 8.35. The summed E-state index contributed by atoms with van der Waals surface area (Å²) in [7, 11) is 0. The molecule has 2 N–H and O–H groups in total. The fourth-order valence-electron chi connectivity index (χ4n) is 3.63. The average molecular weight is 516 g/mol. The lowest BCUT2D eigenvalue weighted by molar-refractivity contribution is -0.207. The maximum Gasteiger partial charge on any atom is 0.416 e. The Morgan fingerprint density at radius 3 is 2.37 bits per heavy atom. The molecule has 3 aromatic rings. The van der Waals surface area contributed by atoms with Crippen molar-refractivity contribution in [2.45, 2.75) is 44.1 Å². The van der Waals surface area contributed by atoms with E-state index in [4.69, 9.17) is 11.6 Å². The molecule has 0 saturated heterocycles. The lowest BCUT2D eigenvalue weighted by Crippen LogP contribution is -2.37. The molecule has 0 aliphatic heterocycles. The van der Waals surface area contributed by atoms with E-state index in [0.29, 0.717) is 14.3 Å². The number of hydrogen-bond donors (Lipinski definition) is 2. The summed E-state index contributed by atoms with van der Waals surface area (Å²) in [5.74, 6) is -1.96. The fourth-order valence-corrected chi connectivity index (χ4v) is 3.76. The van der Waals surface area contributed by atoms with Gasteiger partial charge in [-0.15, -0.1) is 5.10 Å². The van der Waals surface area contributed by atoms with Gasteiger partial charge >= 0.3 is 11.9 Å². The summed E-state index contributed by atoms with van der Waals surface area (Å²) in [5, 5.41) is 23.2. The van der Waals surface area contributed by atoms with Crippen molar-refractivity contribution >= 4 is 17.4 Å². The number of ketones is 1. The van der Waals surface area contributed by atoms with Gasteiger partial charge in [0.15, 0.2) is 17.7 Å². The molecule has 0 spiro atoms. The first kappa shape index (κ1) is 26.6. The Kier molecular flexibility index (Phi) is 8.47. The molecular weight excluding hydrogens is 494 g/mol. The smallest absolute Gasteiger partial charge is 0.396 e. The van der Waals surface area contributed by atoms with Gasteiger partial charge in [-0.25, -0.2) is 13.9 Å². The van der Waals surface area contributed by atoms with E-state index in [-0.39, 0.29) is 36.4 Å². The van der Waals surface area contributed by atoms with Crippen molar-refractivity contribution in [3.8, 4) is 11.4 Å². The summed E-state index contributed by atoms with van der Waals surface area (Å²) in [5.41, 5.74) is -0.560. The lowest BCUT2D eigenvalue weighted by atomic mass is 9.90. The summed E-state index contributed by atoms with van der Waals surface area (Å²) in [4.78, 5) is 25.6. The van der Waals surface area contributed by atoms with Gasteiger partial charge in [0, 0.05) is 23.6 Å². The molecule has 0 saturated carbocycles. The topological polar surface area (TPSA) is 97.3 Å². The van der Waals surface area contributed by atoms with Gasteiger partial charge in [0.25, 0.3) is 0 Å². The van der Waals surface area contributed by atoms with Crippen LogP contribution in [0.25, 0.3) is 11.4 Å². The van der Waals surface area contributed by atoms with Gasteiger partial charge in [0.1, 0.15) is 12.4 Å². The second kappa shape index (κ2) is 11.1. The summed E-state index contributed by atoms with van der Waals surface area (Å²) in [6.07, 6.45) is -7.97. The van der Waals surface area contributed by atoms with Gasteiger partial charge in [-0.3, -0.25) is 9.36 Å². The molecule has 0 radical (unpaired) electrons. The Balaban J connectivity index is 1.91. The van der Waals surface area contributed by atoms with E-state index in [1.165, 1.54) is 42.5 Å². The third-order valence-electron chi connectivity index (χ3n) is 5.38. The number of nitrogens with zero attached hydrogens (tertiary/aromatic N) is 3. The van der Waals surface area contributed by atoms with Crippen LogP contribution in [0, 0.1) is 5.82 Å². The number of aliphatic hydroxyl groups excluding tert-OH is 2. The minimum atomic E-state index is -4.98. The zero-order valence-electron chi connectivity index (χ0n) is 18.3. The molecule has 1 aromatic heterocycles. The minimum Gasteiger partial charge on any atom is -0.396 e. The standard InChI is InChI=1S/C23H22ClF4N3O4/c24-16-7-5-14(6-8-16)21-29-31(22(35)30(21)13-20(34)23(26,27)28)12-17(33)11-15(9-10-32)18-3-1-2-4-19(18)25/h1-8,15,20,32,34H,9-13H2/t15?,20-/m0/s1. The van der Waals surface area contributed by atoms with Gasteiger partial charge in [0.2, 0.25) is 0 Å². The van der Waals surface area contributed by atoms with E-state index in [1.807, 2.05) is 0 Å². The molecule has 0 aliphatic rings. The molecule has 0 fully saturated rings. The molecule has 0 amide bonds. The number of aromatic nitrogens is 3. The molecule has 2 atom stereocenters. The van der Waals surface area contributed by atoms with Crippen LogP contribution in [0.3, 0.4) is 0 Å². The summed E-state index contributed by atoms with van der Waals surface area (Å²) < 4.78 is 54.4. The van der Waals surface area contributed by atoms with Crippen LogP contribution < -0.4 is 5.69 Å². The Morgan fingerprint density at radius 2 is 1.77 bits per heavy atom. The molecule has 188 valence electrons. The zero-order chi connectivity index (χ0) is 25.8. The van der Waals surface area contributed by atoms with Gasteiger partial charge in [0.05, 0.1) is 6.54 Å². The van der Waals surface area contributed by atoms with Crippen molar-refractivity contribution in [2.75, 3.05) is 6.61 Å². The number of carbonyl (C=O) groups is 1. The first-order valence-corrected chi connectivity index (χ1v) is 10.9. The van der Waals surface area contributed by atoms with Crippen LogP contribution in [0.4, 0.5) is 17.6 Å². The van der Waals surface area contributed by atoms with E-state index in [0.717, 1.165) is 0 Å². The van der Waals surface area contributed by atoms with E-state index in [9.17, 15) is 37.4 Å². The van der Waals surface area contributed by atoms with Crippen LogP contribution in [0.15, 0.2) is 53.3 Å². The third kappa shape index (κ3) is 6.56. The maximum absolute atomic E-state index is 14.2. The zero-order valence-corrected chi connectivity index (χ0v) is 19.0. The largest absolute Gasteiger partial charge is 0.416 e. The number of alkyl halides is 3. The number of benzene rings is 2. The predicted molar refractivity (Wildman–Crippen MR) is 119 cm³/mol. The van der Waals surface area contributed by atoms with Crippen molar-refractivity contribution in [3.63, 3.8) is 0 Å². The fraction of sp³-hybridized carbons (Fsp3) is 0.348. The molecule has 35 heavy (non-hydrogen) atoms. The van der Waals surface area contributed by atoms with E-state index >= 15 is 0 Å². The molecule has 1 unspecified atom stereocenters. The Morgan fingerprint density at radius 1 is 1.11 bits per heavy atom. The first-order valence-electron chi connectivity index (χ1n) is 10.6. The monoisotopic (exact) mass is 515 g/mol. The van der Waals surface area contributed by atoms with Crippen LogP contribution in [-0.2, 0) is 17.9 Å². The molecular formula is C23H22ClF4N3O4. The van der Waals surface area contributed by atoms with Crippen LogP contribution in [0.5, 0.6) is 0 Å². The number of carbonyl (C=O) groups excluding carboxylic acids is 1. The summed E-state index contributed by atoms with van der Waals surface area (Å²) in [6.45, 7) is -2.03. The van der Waals surface area contributed by atoms with Gasteiger partial charge in [-0.1, -0.05) is 29.8 Å². The van der Waals surface area contributed by atoms with Crippen LogP contribution >= 0.6 is 11.6 Å². The van der Waals surface area contributed by atoms with Crippen LogP contribution in [0.1, 0.15) is 24.3 Å². The molecule has 12 heteroatoms. The van der Waals surface area contributed by atoms with Gasteiger partial charge in [-0.2, -0.15) is 13.2 Å². The molecule has 2 aromatic carbocycles. The van der Waals surface area contributed by atoms with Crippen LogP contribution in [0.2, 0.25) is 5.02 Å². The SMILES string of the molecule is O=C(CC(CCO)c1ccccc1F)Cn1nc(-c2ccc(Cl)cc2)n(C[C@H](O)C(F)(F)F)c1=O. The van der Waals surface area contributed by atoms with Gasteiger partial charge < -0.3 is 10.2 Å². The van der Waals surface area contributed by atoms with Gasteiger partial charge in [-0.05, 0) is 48.2 Å². The second-order valence-electron chi connectivity index (χ2n) is 7.91. The third-order valence-corrected chi connectivity index (χ3v) is 5.63. The van der Waals surface area contributed by atoms with Crippen molar-refractivity contribution in [1.29, 1.82) is 0 Å². The van der Waals surface area contributed by atoms with E-state index in [2.05, 4.69) is 5.10 Å². The van der Waals surface area contributed by atoms with Crippen LogP contribution in [-0.4, -0.2) is 49.2 Å². The summed E-state index contributed by atoms with van der Waals surface area (Å²) >= 11 is 5.85. The highest BCUT2D eigenvalue weighted by Crippen LogP contribution is 2.27. The number of hydrogen-bond acceptors (Lipinski definition) is 5. The highest BCUT2D eigenvalue weighted by molar-refractivity contribution is 6.30. The highest BCUT2D eigenvalue weighted by atomic mass is 35.5. The molecule has 3 rings (SSSR count). The normalized spacial score (nSPS) is 13.6. The molecule has 0 bridgehead atoms. The van der Waals surface area contributed by atoms with E-state index in [1.54, 1.807) is 6.07 Å². The molecule has 7 nitrogen and oxygen atoms in total. The van der Waals surface area contributed by atoms with E-state index < -0.39 is 48.6 Å².